The second kappa shape index (κ2) is 11.5. The number of nitrogens with zero attached hydrogens (tertiary/aromatic N) is 1. The number of esters is 1. The van der Waals surface area contributed by atoms with Gasteiger partial charge in [0.15, 0.2) is 5.76 Å². The zero-order valence-corrected chi connectivity index (χ0v) is 22.0. The number of ether oxygens (including phenoxy) is 3. The minimum absolute atomic E-state index is 0.0307. The predicted octanol–water partition coefficient (Wildman–Crippen LogP) is 4.51. The van der Waals surface area contributed by atoms with Crippen molar-refractivity contribution >= 4 is 18.6 Å². The van der Waals surface area contributed by atoms with Gasteiger partial charge in [0.05, 0.1) is 31.5 Å². The predicted molar refractivity (Wildman–Crippen MR) is 133 cm³/mol. The molecule has 0 bridgehead atoms. The molecule has 3 rings (SSSR count). The van der Waals surface area contributed by atoms with Crippen LogP contribution in [0.15, 0.2) is 34.9 Å². The van der Waals surface area contributed by atoms with Gasteiger partial charge in [-0.25, -0.2) is 0 Å². The molecule has 2 aromatic rings. The zero-order valence-electron chi connectivity index (χ0n) is 22.0. The summed E-state index contributed by atoms with van der Waals surface area (Å²) in [5, 5.41) is 3.91. The molecule has 0 amide bonds. The molecule has 8 nitrogen and oxygen atoms in total. The summed E-state index contributed by atoms with van der Waals surface area (Å²) >= 11 is 0. The van der Waals surface area contributed by atoms with Crippen LogP contribution in [0, 0.1) is 5.92 Å². The number of carbonyl (C=O) groups excluding carboxylic acids is 1. The van der Waals surface area contributed by atoms with Crippen LogP contribution >= 0.6 is 0 Å². The van der Waals surface area contributed by atoms with E-state index >= 15 is 0 Å². The quantitative estimate of drug-likeness (QED) is 0.245. The molecule has 1 saturated heterocycles. The summed E-state index contributed by atoms with van der Waals surface area (Å²) in [5.41, 5.74) is 0.272. The first-order valence-corrected chi connectivity index (χ1v) is 12.3. The Balaban J connectivity index is 1.33. The summed E-state index contributed by atoms with van der Waals surface area (Å²) in [4.78, 5) is 12.0. The van der Waals surface area contributed by atoms with E-state index in [0.717, 1.165) is 30.5 Å². The molecule has 1 aliphatic heterocycles. The van der Waals surface area contributed by atoms with Gasteiger partial charge in [0.1, 0.15) is 11.7 Å². The SMILES string of the molecule is COC(=O)C(c1cc(OCCCCCOc2ccc(B3OC(C)(C)C(C)(C)O3)cc2)no1)C(C)C. The Bertz CT molecular complexity index is 939. The van der Waals surface area contributed by atoms with Gasteiger partial charge in [0, 0.05) is 6.07 Å². The molecular formula is C26H38BNO7. The number of aromatic nitrogens is 1. The monoisotopic (exact) mass is 487 g/mol. The van der Waals surface area contributed by atoms with Gasteiger partial charge >= 0.3 is 13.1 Å². The van der Waals surface area contributed by atoms with Crippen LogP contribution in [-0.4, -0.2) is 49.8 Å². The molecule has 0 N–H and O–H groups in total. The van der Waals surface area contributed by atoms with E-state index in [1.165, 1.54) is 7.11 Å². The average molecular weight is 487 g/mol. The molecular weight excluding hydrogens is 449 g/mol. The van der Waals surface area contributed by atoms with Crippen molar-refractivity contribution < 1.29 is 32.8 Å². The summed E-state index contributed by atoms with van der Waals surface area (Å²) < 4.78 is 33.9. The summed E-state index contributed by atoms with van der Waals surface area (Å²) in [6.07, 6.45) is 2.72. The highest BCUT2D eigenvalue weighted by Gasteiger charge is 2.51. The third kappa shape index (κ3) is 6.79. The van der Waals surface area contributed by atoms with Crippen LogP contribution in [0.4, 0.5) is 0 Å². The lowest BCUT2D eigenvalue weighted by Gasteiger charge is -2.32. The average Bonchev–Trinajstić information content (AvgIpc) is 3.34. The molecule has 0 saturated carbocycles. The van der Waals surface area contributed by atoms with Gasteiger partial charge in [-0.05, 0) is 75.6 Å². The maximum atomic E-state index is 12.0. The molecule has 0 aliphatic carbocycles. The molecule has 9 heteroatoms. The van der Waals surface area contributed by atoms with Crippen LogP contribution in [-0.2, 0) is 18.8 Å². The molecule has 192 valence electrons. The standard InChI is InChI=1S/C26H38BNO7/c1-18(2)23(24(29)30-7)21-17-22(28-33-21)32-16-10-8-9-15-31-20-13-11-19(12-14-20)27-34-25(3,4)26(5,6)35-27/h11-14,17-18,23H,8-10,15-16H2,1-7H3. The van der Waals surface area contributed by atoms with E-state index in [1.807, 2.05) is 65.8 Å². The fourth-order valence-electron chi connectivity index (χ4n) is 3.78. The van der Waals surface area contributed by atoms with E-state index in [-0.39, 0.29) is 30.2 Å². The first-order chi connectivity index (χ1) is 16.5. The molecule has 1 aliphatic rings. The zero-order chi connectivity index (χ0) is 25.6. The third-order valence-corrected chi connectivity index (χ3v) is 6.65. The molecule has 1 aromatic carbocycles. The minimum atomic E-state index is -0.493. The molecule has 0 radical (unpaired) electrons. The van der Waals surface area contributed by atoms with Gasteiger partial charge in [0.2, 0.25) is 0 Å². The van der Waals surface area contributed by atoms with E-state index in [1.54, 1.807) is 6.07 Å². The first kappa shape index (κ1) is 27.1. The Hall–Kier alpha value is -2.52. The Kier molecular flexibility index (Phi) is 8.88. The van der Waals surface area contributed by atoms with Crippen molar-refractivity contribution in [1.29, 1.82) is 0 Å². The van der Waals surface area contributed by atoms with Crippen molar-refractivity contribution in [3.63, 3.8) is 0 Å². The van der Waals surface area contributed by atoms with Gasteiger partial charge in [-0.3, -0.25) is 4.79 Å². The van der Waals surface area contributed by atoms with Crippen molar-refractivity contribution in [2.45, 2.75) is 77.9 Å². The summed E-state index contributed by atoms with van der Waals surface area (Å²) in [7, 11) is 0.998. The van der Waals surface area contributed by atoms with Crippen LogP contribution in [0.5, 0.6) is 11.6 Å². The Morgan fingerprint density at radius 3 is 2.14 bits per heavy atom. The maximum absolute atomic E-state index is 12.0. The molecule has 1 aromatic heterocycles. The van der Waals surface area contributed by atoms with Crippen LogP contribution in [0.1, 0.15) is 72.5 Å². The van der Waals surface area contributed by atoms with Crippen LogP contribution in [0.25, 0.3) is 0 Å². The van der Waals surface area contributed by atoms with Crippen molar-refractivity contribution in [1.82, 2.24) is 5.16 Å². The Labute approximate surface area is 208 Å². The molecule has 1 fully saturated rings. The smallest absolute Gasteiger partial charge is 0.494 e. The Morgan fingerprint density at radius 2 is 1.57 bits per heavy atom. The van der Waals surface area contributed by atoms with E-state index in [2.05, 4.69) is 5.16 Å². The largest absolute Gasteiger partial charge is 0.494 e. The number of unbranched alkanes of at least 4 members (excludes halogenated alkanes) is 2. The summed E-state index contributed by atoms with van der Waals surface area (Å²) in [5.74, 6) is 0.858. The minimum Gasteiger partial charge on any atom is -0.494 e. The number of carbonyl (C=O) groups is 1. The summed E-state index contributed by atoms with van der Waals surface area (Å²) in [6, 6.07) is 9.54. The number of hydrogen-bond acceptors (Lipinski definition) is 8. The molecule has 1 unspecified atom stereocenters. The number of rotatable bonds is 12. The van der Waals surface area contributed by atoms with Gasteiger partial charge in [-0.15, -0.1) is 0 Å². The van der Waals surface area contributed by atoms with Crippen molar-refractivity contribution in [2.75, 3.05) is 20.3 Å². The number of hydrogen-bond donors (Lipinski definition) is 0. The lowest BCUT2D eigenvalue weighted by atomic mass is 9.79. The fraction of sp³-hybridized carbons (Fsp3) is 0.615. The van der Waals surface area contributed by atoms with E-state index in [0.29, 0.717) is 24.9 Å². The van der Waals surface area contributed by atoms with Crippen LogP contribution < -0.4 is 14.9 Å². The van der Waals surface area contributed by atoms with Gasteiger partial charge < -0.3 is 28.0 Å². The van der Waals surface area contributed by atoms with Crippen LogP contribution in [0.3, 0.4) is 0 Å². The Morgan fingerprint density at radius 1 is 0.971 bits per heavy atom. The van der Waals surface area contributed by atoms with Gasteiger partial charge in [0.25, 0.3) is 5.88 Å². The normalized spacial score (nSPS) is 17.4. The second-order valence-electron chi connectivity index (χ2n) is 10.2. The molecule has 35 heavy (non-hydrogen) atoms. The topological polar surface area (TPSA) is 89.3 Å². The first-order valence-electron chi connectivity index (χ1n) is 12.3. The summed E-state index contributed by atoms with van der Waals surface area (Å²) in [6.45, 7) is 13.2. The second-order valence-corrected chi connectivity index (χ2v) is 10.2. The van der Waals surface area contributed by atoms with Crippen molar-refractivity contribution in [3.05, 3.63) is 36.1 Å². The number of methoxy groups -OCH3 is 1. The fourth-order valence-corrected chi connectivity index (χ4v) is 3.78. The lowest BCUT2D eigenvalue weighted by Crippen LogP contribution is -2.41. The highest BCUT2D eigenvalue weighted by molar-refractivity contribution is 6.62. The van der Waals surface area contributed by atoms with E-state index < -0.39 is 5.92 Å². The van der Waals surface area contributed by atoms with Gasteiger partial charge in [-0.2, -0.15) is 0 Å². The van der Waals surface area contributed by atoms with Gasteiger partial charge in [-0.1, -0.05) is 26.0 Å². The van der Waals surface area contributed by atoms with E-state index in [9.17, 15) is 4.79 Å². The number of benzene rings is 1. The highest BCUT2D eigenvalue weighted by Crippen LogP contribution is 2.36. The maximum Gasteiger partial charge on any atom is 0.494 e. The molecule has 1 atom stereocenters. The van der Waals surface area contributed by atoms with Crippen molar-refractivity contribution in [3.8, 4) is 11.6 Å². The highest BCUT2D eigenvalue weighted by atomic mass is 16.7. The van der Waals surface area contributed by atoms with Crippen LogP contribution in [0.2, 0.25) is 0 Å². The third-order valence-electron chi connectivity index (χ3n) is 6.65. The van der Waals surface area contributed by atoms with E-state index in [4.69, 9.17) is 28.0 Å². The lowest BCUT2D eigenvalue weighted by molar-refractivity contribution is -0.144. The molecule has 0 spiro atoms. The molecule has 2 heterocycles. The van der Waals surface area contributed by atoms with Crippen molar-refractivity contribution in [2.24, 2.45) is 5.92 Å².